The minimum atomic E-state index is -3.11. The van der Waals surface area contributed by atoms with E-state index in [9.17, 15) is 18.0 Å². The summed E-state index contributed by atoms with van der Waals surface area (Å²) < 4.78 is 30.1. The third-order valence-electron chi connectivity index (χ3n) is 5.40. The fraction of sp³-hybridized carbons (Fsp3) is 0.261. The second-order valence-electron chi connectivity index (χ2n) is 7.69. The summed E-state index contributed by atoms with van der Waals surface area (Å²) >= 11 is 1.54. The number of sulfone groups is 1. The van der Waals surface area contributed by atoms with Crippen molar-refractivity contribution in [3.05, 3.63) is 65.7 Å². The van der Waals surface area contributed by atoms with Crippen molar-refractivity contribution in [2.75, 3.05) is 25.2 Å². The molecule has 1 aliphatic heterocycles. The maximum absolute atomic E-state index is 12.3. The molecule has 0 bridgehead atoms. The summed E-state index contributed by atoms with van der Waals surface area (Å²) in [7, 11) is -1.57. The lowest BCUT2D eigenvalue weighted by Gasteiger charge is -2.22. The van der Waals surface area contributed by atoms with Crippen molar-refractivity contribution in [1.82, 2.24) is 14.7 Å². The van der Waals surface area contributed by atoms with Crippen LogP contribution in [0.3, 0.4) is 0 Å². The van der Waals surface area contributed by atoms with Crippen LogP contribution >= 0.6 is 11.3 Å². The van der Waals surface area contributed by atoms with Crippen molar-refractivity contribution >= 4 is 39.1 Å². The van der Waals surface area contributed by atoms with E-state index in [1.54, 1.807) is 22.1 Å². The van der Waals surface area contributed by atoms with E-state index in [1.165, 1.54) is 18.0 Å². The summed E-state index contributed by atoms with van der Waals surface area (Å²) in [5, 5.41) is 6.62. The Morgan fingerprint density at radius 3 is 2.70 bits per heavy atom. The number of hydrogen-bond donors (Lipinski definition) is 0. The van der Waals surface area contributed by atoms with Crippen LogP contribution in [0.4, 0.5) is 0 Å². The number of likely N-dealkylation sites (N-methyl/N-ethyl adjacent to an activating group) is 1. The molecule has 0 radical (unpaired) electrons. The fourth-order valence-corrected chi connectivity index (χ4v) is 6.06. The molecule has 8 nitrogen and oxygen atoms in total. The Labute approximate surface area is 196 Å². The van der Waals surface area contributed by atoms with Gasteiger partial charge in [-0.1, -0.05) is 24.3 Å². The molecule has 1 amide bonds. The van der Waals surface area contributed by atoms with E-state index in [-0.39, 0.29) is 17.5 Å². The van der Waals surface area contributed by atoms with Crippen LogP contribution in [-0.2, 0) is 24.2 Å². The van der Waals surface area contributed by atoms with Gasteiger partial charge in [-0.05, 0) is 36.1 Å². The van der Waals surface area contributed by atoms with Gasteiger partial charge in [0.1, 0.15) is 5.69 Å². The molecule has 0 saturated carbocycles. The molecule has 3 heterocycles. The second-order valence-corrected chi connectivity index (χ2v) is 10.9. The lowest BCUT2D eigenvalue weighted by molar-refractivity contribution is -0.148. The highest BCUT2D eigenvalue weighted by atomic mass is 32.2. The van der Waals surface area contributed by atoms with Gasteiger partial charge in [0.05, 0.1) is 22.1 Å². The predicted molar refractivity (Wildman–Crippen MR) is 127 cm³/mol. The second kappa shape index (κ2) is 9.72. The molecule has 1 saturated heterocycles. The van der Waals surface area contributed by atoms with E-state index in [0.717, 1.165) is 21.8 Å². The Morgan fingerprint density at radius 1 is 1.24 bits per heavy atom. The summed E-state index contributed by atoms with van der Waals surface area (Å²) in [6.07, 6.45) is 5.10. The van der Waals surface area contributed by atoms with Crippen molar-refractivity contribution in [1.29, 1.82) is 0 Å². The zero-order chi connectivity index (χ0) is 23.4. The van der Waals surface area contributed by atoms with Gasteiger partial charge in [-0.25, -0.2) is 17.9 Å². The number of ether oxygens (including phenoxy) is 1. The van der Waals surface area contributed by atoms with E-state index in [1.807, 2.05) is 54.0 Å². The van der Waals surface area contributed by atoms with Gasteiger partial charge >= 0.3 is 5.97 Å². The van der Waals surface area contributed by atoms with Gasteiger partial charge in [0.25, 0.3) is 5.91 Å². The number of thiophene rings is 1. The number of hydrogen-bond acceptors (Lipinski definition) is 7. The van der Waals surface area contributed by atoms with Gasteiger partial charge in [0.2, 0.25) is 0 Å². The number of para-hydroxylation sites is 1. The Morgan fingerprint density at radius 2 is 2.03 bits per heavy atom. The highest BCUT2D eigenvalue weighted by Crippen LogP contribution is 2.28. The number of aromatic nitrogens is 2. The minimum absolute atomic E-state index is 0.0556. The first-order valence-electron chi connectivity index (χ1n) is 10.3. The minimum Gasteiger partial charge on any atom is -0.452 e. The summed E-state index contributed by atoms with van der Waals surface area (Å²) in [6.45, 7) is -0.447. The van der Waals surface area contributed by atoms with Crippen molar-refractivity contribution in [2.24, 2.45) is 0 Å². The number of benzene rings is 1. The smallest absolute Gasteiger partial charge is 0.331 e. The summed E-state index contributed by atoms with van der Waals surface area (Å²) in [6, 6.07) is 13.1. The number of rotatable bonds is 7. The van der Waals surface area contributed by atoms with Crippen LogP contribution in [-0.4, -0.2) is 66.2 Å². The highest BCUT2D eigenvalue weighted by Gasteiger charge is 2.32. The average Bonchev–Trinajstić information content (AvgIpc) is 3.55. The Bertz CT molecular complexity index is 1260. The molecule has 10 heteroatoms. The third kappa shape index (κ3) is 5.58. The molecule has 1 fully saturated rings. The van der Waals surface area contributed by atoms with Crippen LogP contribution < -0.4 is 0 Å². The van der Waals surface area contributed by atoms with E-state index in [2.05, 4.69) is 5.10 Å². The monoisotopic (exact) mass is 485 g/mol. The molecule has 0 unspecified atom stereocenters. The first-order chi connectivity index (χ1) is 15.8. The number of esters is 1. The van der Waals surface area contributed by atoms with Crippen LogP contribution in [0, 0.1) is 0 Å². The Balaban J connectivity index is 1.42. The Hall–Kier alpha value is -3.24. The molecule has 1 aromatic carbocycles. The lowest BCUT2D eigenvalue weighted by atomic mass is 10.2. The van der Waals surface area contributed by atoms with E-state index in [4.69, 9.17) is 4.74 Å². The summed E-state index contributed by atoms with van der Waals surface area (Å²) in [4.78, 5) is 26.9. The number of nitrogens with zero attached hydrogens (tertiary/aromatic N) is 3. The maximum atomic E-state index is 12.3. The van der Waals surface area contributed by atoms with Crippen LogP contribution in [0.5, 0.6) is 0 Å². The van der Waals surface area contributed by atoms with Crippen molar-refractivity contribution in [2.45, 2.75) is 12.5 Å². The fourth-order valence-electron chi connectivity index (χ4n) is 3.55. The molecular formula is C23H23N3O5S2. The lowest BCUT2D eigenvalue weighted by Crippen LogP contribution is -2.40. The molecule has 0 aliphatic carbocycles. The summed E-state index contributed by atoms with van der Waals surface area (Å²) in [5.74, 6) is -1.09. The van der Waals surface area contributed by atoms with Gasteiger partial charge in [-0.3, -0.25) is 4.79 Å². The van der Waals surface area contributed by atoms with Gasteiger partial charge in [-0.15, -0.1) is 11.3 Å². The van der Waals surface area contributed by atoms with E-state index in [0.29, 0.717) is 6.42 Å². The van der Waals surface area contributed by atoms with Gasteiger partial charge in [-0.2, -0.15) is 5.10 Å². The van der Waals surface area contributed by atoms with Crippen molar-refractivity contribution in [3.63, 3.8) is 0 Å². The molecule has 4 rings (SSSR count). The van der Waals surface area contributed by atoms with Crippen molar-refractivity contribution in [3.8, 4) is 16.3 Å². The van der Waals surface area contributed by atoms with Crippen LogP contribution in [0.15, 0.2) is 60.1 Å². The SMILES string of the molecule is CN(C(=O)COC(=O)/C=C/c1cn(-c2ccccc2)nc1-c1cccs1)[C@H]1CCS(=O)(=O)C1. The number of carbonyl (C=O) groups is 2. The Kier molecular flexibility index (Phi) is 6.75. The molecule has 2 aromatic heterocycles. The van der Waals surface area contributed by atoms with Crippen LogP contribution in [0.1, 0.15) is 12.0 Å². The van der Waals surface area contributed by atoms with Crippen molar-refractivity contribution < 1.29 is 22.7 Å². The largest absolute Gasteiger partial charge is 0.452 e. The van der Waals surface area contributed by atoms with Gasteiger partial charge in [0, 0.05) is 30.9 Å². The molecular weight excluding hydrogens is 462 g/mol. The number of carbonyl (C=O) groups excluding carboxylic acids is 2. The van der Waals surface area contributed by atoms with E-state index >= 15 is 0 Å². The maximum Gasteiger partial charge on any atom is 0.331 e. The van der Waals surface area contributed by atoms with Crippen LogP contribution in [0.25, 0.3) is 22.3 Å². The third-order valence-corrected chi connectivity index (χ3v) is 8.03. The summed E-state index contributed by atoms with van der Waals surface area (Å²) in [5.41, 5.74) is 2.36. The quantitative estimate of drug-likeness (QED) is 0.377. The molecule has 172 valence electrons. The topological polar surface area (TPSA) is 98.6 Å². The van der Waals surface area contributed by atoms with E-state index < -0.39 is 28.3 Å². The first kappa shape index (κ1) is 22.9. The average molecular weight is 486 g/mol. The zero-order valence-corrected chi connectivity index (χ0v) is 19.6. The molecule has 1 atom stereocenters. The van der Waals surface area contributed by atoms with Gasteiger partial charge in [0.15, 0.2) is 16.4 Å². The predicted octanol–water partition coefficient (Wildman–Crippen LogP) is 2.80. The molecule has 3 aromatic rings. The highest BCUT2D eigenvalue weighted by molar-refractivity contribution is 7.91. The molecule has 0 N–H and O–H groups in total. The zero-order valence-electron chi connectivity index (χ0n) is 18.0. The number of amides is 1. The molecule has 1 aliphatic rings. The first-order valence-corrected chi connectivity index (χ1v) is 13.0. The molecule has 33 heavy (non-hydrogen) atoms. The van der Waals surface area contributed by atoms with Crippen LogP contribution in [0.2, 0.25) is 0 Å². The normalized spacial score (nSPS) is 17.3. The standard InChI is InChI=1S/C23H23N3O5S2/c1-25(19-11-13-33(29,30)16-19)21(27)15-31-22(28)10-9-17-14-26(18-6-3-2-4-7-18)24-23(17)20-8-5-12-32-20/h2-10,12,14,19H,11,13,15-16H2,1H3/b10-9+/t19-/m0/s1. The van der Waals surface area contributed by atoms with Gasteiger partial charge < -0.3 is 9.64 Å². The molecule has 0 spiro atoms.